The van der Waals surface area contributed by atoms with Crippen molar-refractivity contribution in [2.45, 2.75) is 32.6 Å². The molecule has 11 heteroatoms. The van der Waals surface area contributed by atoms with Gasteiger partial charge >= 0.3 is 0 Å². The Morgan fingerprint density at radius 3 is 2.28 bits per heavy atom. The molecule has 0 bridgehead atoms. The average Bonchev–Trinajstić information content (AvgIpc) is 3.40. The standard InChI is InChI=1S/C35H29Cl2FN2O6/c1-16-4-5-17(12-25(16)36)39-31(42)21-9-8-20-22(29(21)33(39)44)15-24-32(43)40(18-6-10-27(38)26(37)13-18)34(45)35(24,2)30(20)23-14-19(46-3)7-11-28(23)41/h4-8,10-14,21-22,24,29-30,41H,9,15H2,1-3H3/t21-,22+,24-,29-,30+,35+/m0/s1. The number of nitrogens with zero attached hydrogens (tertiary/aromatic N) is 2. The predicted octanol–water partition coefficient (Wildman–Crippen LogP) is 6.59. The second-order valence-electron chi connectivity index (χ2n) is 12.6. The number of allylic oxidation sites excluding steroid dienone is 2. The van der Waals surface area contributed by atoms with Crippen molar-refractivity contribution in [3.63, 3.8) is 0 Å². The lowest BCUT2D eigenvalue weighted by molar-refractivity contribution is -0.131. The van der Waals surface area contributed by atoms with E-state index in [4.69, 9.17) is 27.9 Å². The van der Waals surface area contributed by atoms with Crippen LogP contribution >= 0.6 is 23.2 Å². The van der Waals surface area contributed by atoms with E-state index in [1.54, 1.807) is 37.3 Å². The van der Waals surface area contributed by atoms with Crippen LogP contribution in [-0.4, -0.2) is 35.8 Å². The highest BCUT2D eigenvalue weighted by molar-refractivity contribution is 6.32. The van der Waals surface area contributed by atoms with Crippen LogP contribution in [0.1, 0.15) is 36.8 Å². The molecule has 0 unspecified atom stereocenters. The van der Waals surface area contributed by atoms with Crippen LogP contribution in [-0.2, 0) is 19.2 Å². The minimum absolute atomic E-state index is 0.109. The van der Waals surface area contributed by atoms with Crippen LogP contribution in [0.15, 0.2) is 66.2 Å². The highest BCUT2D eigenvalue weighted by Gasteiger charge is 2.68. The SMILES string of the molecule is COc1ccc(O)c([C@H]2C3=CC[C@@H]4C(=O)N(c5ccc(C)c(Cl)c5)C(=O)[C@@H]4[C@@H]3C[C@H]3C(=O)N(c4ccc(F)c(Cl)c4)C(=O)[C@@]23C)c1. The van der Waals surface area contributed by atoms with Crippen LogP contribution in [0.5, 0.6) is 11.5 Å². The van der Waals surface area contributed by atoms with Gasteiger partial charge in [0.05, 0.1) is 46.7 Å². The largest absolute Gasteiger partial charge is 0.508 e. The van der Waals surface area contributed by atoms with Crippen LogP contribution in [0.2, 0.25) is 10.0 Å². The van der Waals surface area contributed by atoms with Gasteiger partial charge in [0.15, 0.2) is 0 Å². The van der Waals surface area contributed by atoms with E-state index >= 15 is 0 Å². The van der Waals surface area contributed by atoms with Gasteiger partial charge in [0, 0.05) is 16.5 Å². The van der Waals surface area contributed by atoms with Gasteiger partial charge in [-0.25, -0.2) is 14.2 Å². The molecule has 1 N–H and O–H groups in total. The Morgan fingerprint density at radius 1 is 0.891 bits per heavy atom. The van der Waals surface area contributed by atoms with Crippen LogP contribution in [0, 0.1) is 41.8 Å². The highest BCUT2D eigenvalue weighted by Crippen LogP contribution is 2.64. The van der Waals surface area contributed by atoms with E-state index in [1.807, 2.05) is 13.0 Å². The number of carbonyl (C=O) groups is 4. The van der Waals surface area contributed by atoms with E-state index in [1.165, 1.54) is 30.2 Å². The molecule has 0 spiro atoms. The van der Waals surface area contributed by atoms with E-state index in [2.05, 4.69) is 0 Å². The minimum Gasteiger partial charge on any atom is -0.508 e. The van der Waals surface area contributed by atoms with E-state index in [0.29, 0.717) is 27.6 Å². The molecule has 2 aliphatic heterocycles. The molecular formula is C35H29Cl2FN2O6. The summed E-state index contributed by atoms with van der Waals surface area (Å²) in [6, 6.07) is 13.4. The summed E-state index contributed by atoms with van der Waals surface area (Å²) in [6.45, 7) is 3.52. The van der Waals surface area contributed by atoms with E-state index in [-0.39, 0.29) is 35.2 Å². The van der Waals surface area contributed by atoms with Crippen molar-refractivity contribution in [2.24, 2.45) is 29.1 Å². The van der Waals surface area contributed by atoms with Gasteiger partial charge < -0.3 is 9.84 Å². The molecule has 2 heterocycles. The number of benzene rings is 3. The molecule has 2 aliphatic carbocycles. The highest BCUT2D eigenvalue weighted by atomic mass is 35.5. The maximum Gasteiger partial charge on any atom is 0.241 e. The number of halogens is 3. The summed E-state index contributed by atoms with van der Waals surface area (Å²) in [6.07, 6.45) is 2.24. The zero-order valence-electron chi connectivity index (χ0n) is 25.1. The van der Waals surface area contributed by atoms with Gasteiger partial charge in [0.1, 0.15) is 17.3 Å². The molecule has 8 nitrogen and oxygen atoms in total. The molecule has 4 amide bonds. The first-order valence-electron chi connectivity index (χ1n) is 14.9. The molecule has 2 saturated heterocycles. The summed E-state index contributed by atoms with van der Waals surface area (Å²) in [7, 11) is 1.48. The van der Waals surface area contributed by atoms with Gasteiger partial charge in [-0.1, -0.05) is 40.9 Å². The number of hydrogen-bond acceptors (Lipinski definition) is 6. The lowest BCUT2D eigenvalue weighted by Gasteiger charge is -2.49. The topological polar surface area (TPSA) is 104 Å². The van der Waals surface area contributed by atoms with Crippen molar-refractivity contribution in [1.29, 1.82) is 0 Å². The number of aryl methyl sites for hydroxylation is 1. The monoisotopic (exact) mass is 662 g/mol. The van der Waals surface area contributed by atoms with Crippen molar-refractivity contribution < 1.29 is 33.4 Å². The smallest absolute Gasteiger partial charge is 0.241 e. The Kier molecular flexibility index (Phi) is 7.06. The molecule has 3 fully saturated rings. The fraction of sp³-hybridized carbons (Fsp3) is 0.314. The Hall–Kier alpha value is -4.21. The van der Waals surface area contributed by atoms with Crippen molar-refractivity contribution in [3.05, 3.63) is 93.2 Å². The van der Waals surface area contributed by atoms with Crippen molar-refractivity contribution in [1.82, 2.24) is 0 Å². The van der Waals surface area contributed by atoms with E-state index in [0.717, 1.165) is 16.5 Å². The number of aromatic hydroxyl groups is 1. The molecule has 236 valence electrons. The molecule has 1 saturated carbocycles. The summed E-state index contributed by atoms with van der Waals surface area (Å²) in [5.74, 6) is -6.05. The Morgan fingerprint density at radius 2 is 1.59 bits per heavy atom. The summed E-state index contributed by atoms with van der Waals surface area (Å²) in [5, 5.41) is 11.4. The predicted molar refractivity (Wildman–Crippen MR) is 169 cm³/mol. The molecule has 0 radical (unpaired) electrons. The fourth-order valence-corrected chi connectivity index (χ4v) is 8.45. The van der Waals surface area contributed by atoms with Gasteiger partial charge in [0.25, 0.3) is 0 Å². The number of fused-ring (bicyclic) bond motifs is 4. The summed E-state index contributed by atoms with van der Waals surface area (Å²) < 4.78 is 19.6. The summed E-state index contributed by atoms with van der Waals surface area (Å²) in [4.78, 5) is 59.1. The molecule has 3 aromatic carbocycles. The van der Waals surface area contributed by atoms with Crippen molar-refractivity contribution in [2.75, 3.05) is 16.9 Å². The number of methoxy groups -OCH3 is 1. The Labute approximate surface area is 274 Å². The number of imide groups is 2. The summed E-state index contributed by atoms with van der Waals surface area (Å²) in [5.41, 5.74) is 0.946. The van der Waals surface area contributed by atoms with Crippen molar-refractivity contribution >= 4 is 58.2 Å². The second kappa shape index (κ2) is 10.7. The second-order valence-corrected chi connectivity index (χ2v) is 13.4. The zero-order chi connectivity index (χ0) is 32.8. The number of anilines is 2. The third-order valence-corrected chi connectivity index (χ3v) is 11.1. The zero-order valence-corrected chi connectivity index (χ0v) is 26.6. The van der Waals surface area contributed by atoms with Gasteiger partial charge in [-0.2, -0.15) is 0 Å². The molecule has 4 aliphatic rings. The molecule has 6 atom stereocenters. The molecular weight excluding hydrogens is 634 g/mol. The Balaban J connectivity index is 1.38. The maximum atomic E-state index is 14.5. The first-order chi connectivity index (χ1) is 21.9. The van der Waals surface area contributed by atoms with Gasteiger partial charge in [-0.15, -0.1) is 0 Å². The van der Waals surface area contributed by atoms with Crippen molar-refractivity contribution in [3.8, 4) is 11.5 Å². The third kappa shape index (κ3) is 4.17. The minimum atomic E-state index is -1.41. The lowest BCUT2D eigenvalue weighted by Crippen LogP contribution is -2.48. The number of phenolic OH excluding ortho intramolecular Hbond substituents is 1. The van der Waals surface area contributed by atoms with Crippen LogP contribution in [0.3, 0.4) is 0 Å². The first-order valence-corrected chi connectivity index (χ1v) is 15.7. The van der Waals surface area contributed by atoms with E-state index in [9.17, 15) is 28.7 Å². The number of ether oxygens (including phenoxy) is 1. The number of rotatable bonds is 4. The number of phenols is 1. The molecule has 0 aromatic heterocycles. The quantitative estimate of drug-likeness (QED) is 0.250. The fourth-order valence-electron chi connectivity index (χ4n) is 8.10. The molecule has 7 rings (SSSR count). The summed E-state index contributed by atoms with van der Waals surface area (Å²) >= 11 is 12.4. The first kappa shape index (κ1) is 30.4. The molecule has 46 heavy (non-hydrogen) atoms. The van der Waals surface area contributed by atoms with Crippen LogP contribution < -0.4 is 14.5 Å². The third-order valence-electron chi connectivity index (χ3n) is 10.4. The van der Waals surface area contributed by atoms with Gasteiger partial charge in [-0.3, -0.25) is 19.2 Å². The van der Waals surface area contributed by atoms with Gasteiger partial charge in [-0.05, 0) is 86.7 Å². The number of amides is 4. The van der Waals surface area contributed by atoms with Crippen LogP contribution in [0.4, 0.5) is 15.8 Å². The average molecular weight is 664 g/mol. The lowest BCUT2D eigenvalue weighted by atomic mass is 9.51. The van der Waals surface area contributed by atoms with E-state index < -0.39 is 58.5 Å². The Bertz CT molecular complexity index is 1910. The molecule has 3 aromatic rings. The van der Waals surface area contributed by atoms with Gasteiger partial charge in [0.2, 0.25) is 23.6 Å². The maximum absolute atomic E-state index is 14.5. The normalized spacial score (nSPS) is 28.7. The number of hydrogen-bond donors (Lipinski definition) is 1. The van der Waals surface area contributed by atoms with Crippen LogP contribution in [0.25, 0.3) is 0 Å². The number of carbonyl (C=O) groups excluding carboxylic acids is 4.